The van der Waals surface area contributed by atoms with Crippen LogP contribution in [0.4, 0.5) is 0 Å². The van der Waals surface area contributed by atoms with Crippen LogP contribution in [0.3, 0.4) is 0 Å². The van der Waals surface area contributed by atoms with E-state index in [1.807, 2.05) is 6.92 Å². The van der Waals surface area contributed by atoms with Crippen molar-refractivity contribution in [1.29, 1.82) is 0 Å². The fourth-order valence-electron chi connectivity index (χ4n) is 0.805. The van der Waals surface area contributed by atoms with Gasteiger partial charge in [0.25, 0.3) is 0 Å². The Bertz CT molecular complexity index is 85.8. The van der Waals surface area contributed by atoms with E-state index in [1.54, 1.807) is 0 Å². The van der Waals surface area contributed by atoms with E-state index in [0.29, 0.717) is 6.61 Å². The molecule has 3 nitrogen and oxygen atoms in total. The first-order valence-corrected chi connectivity index (χ1v) is 4.73. The van der Waals surface area contributed by atoms with Gasteiger partial charge in [-0.3, -0.25) is 0 Å². The highest BCUT2D eigenvalue weighted by Crippen LogP contribution is 1.97. The molecule has 0 aromatic heterocycles. The number of aliphatic hydroxyl groups is 1. The van der Waals surface area contributed by atoms with Gasteiger partial charge in [-0.05, 0) is 12.8 Å². The number of aliphatic hydroxyl groups excluding tert-OH is 1. The fourth-order valence-corrected chi connectivity index (χ4v) is 0.805. The lowest BCUT2D eigenvalue weighted by Crippen LogP contribution is -2.15. The van der Waals surface area contributed by atoms with Crippen LogP contribution in [-0.2, 0) is 9.78 Å². The van der Waals surface area contributed by atoms with E-state index < -0.39 is 0 Å². The lowest BCUT2D eigenvalue weighted by Gasteiger charge is -2.08. The van der Waals surface area contributed by atoms with Crippen LogP contribution in [-0.4, -0.2) is 24.4 Å². The summed E-state index contributed by atoms with van der Waals surface area (Å²) >= 11 is 0. The molecule has 0 aliphatic carbocycles. The van der Waals surface area contributed by atoms with Crippen molar-refractivity contribution in [3.8, 4) is 0 Å². The molecular formula is C9H20O3. The third-order valence-corrected chi connectivity index (χ3v) is 1.55. The van der Waals surface area contributed by atoms with Crippen LogP contribution in [0.2, 0.25) is 0 Å². The Morgan fingerprint density at radius 2 is 1.92 bits per heavy atom. The number of hydrogen-bond donors (Lipinski definition) is 1. The van der Waals surface area contributed by atoms with Crippen LogP contribution in [0.15, 0.2) is 0 Å². The van der Waals surface area contributed by atoms with Crippen molar-refractivity contribution in [2.75, 3.05) is 13.2 Å². The molecule has 0 aromatic carbocycles. The minimum Gasteiger partial charge on any atom is -0.391 e. The van der Waals surface area contributed by atoms with E-state index in [4.69, 9.17) is 9.78 Å². The van der Waals surface area contributed by atoms with Gasteiger partial charge < -0.3 is 5.11 Å². The normalized spacial score (nSPS) is 13.2. The fraction of sp³-hybridized carbons (Fsp3) is 1.00. The van der Waals surface area contributed by atoms with Gasteiger partial charge in [-0.25, -0.2) is 9.78 Å². The van der Waals surface area contributed by atoms with Crippen molar-refractivity contribution in [2.24, 2.45) is 0 Å². The van der Waals surface area contributed by atoms with Crippen molar-refractivity contribution in [3.63, 3.8) is 0 Å². The Labute approximate surface area is 74.6 Å². The topological polar surface area (TPSA) is 38.7 Å². The number of rotatable bonds is 8. The molecule has 12 heavy (non-hydrogen) atoms. The molecule has 0 bridgehead atoms. The van der Waals surface area contributed by atoms with Crippen molar-refractivity contribution < 1.29 is 14.9 Å². The molecule has 0 rings (SSSR count). The molecule has 0 heterocycles. The predicted octanol–water partition coefficient (Wildman–Crippen LogP) is 1.90. The maximum Gasteiger partial charge on any atom is 0.108 e. The number of unbranched alkanes of at least 4 members (excludes halogenated alkanes) is 1. The summed E-state index contributed by atoms with van der Waals surface area (Å²) in [6.07, 6.45) is 3.47. The SMILES string of the molecule is CCCCOOCC(O)CCC. The molecule has 1 N–H and O–H groups in total. The average Bonchev–Trinajstić information content (AvgIpc) is 2.05. The van der Waals surface area contributed by atoms with Gasteiger partial charge in [-0.2, -0.15) is 0 Å². The zero-order valence-corrected chi connectivity index (χ0v) is 8.08. The third kappa shape index (κ3) is 7.98. The highest BCUT2D eigenvalue weighted by Gasteiger charge is 2.01. The summed E-state index contributed by atoms with van der Waals surface area (Å²) in [5.74, 6) is 0. The summed E-state index contributed by atoms with van der Waals surface area (Å²) in [6, 6.07) is 0. The monoisotopic (exact) mass is 176 g/mol. The largest absolute Gasteiger partial charge is 0.391 e. The summed E-state index contributed by atoms with van der Waals surface area (Å²) in [6.45, 7) is 5.03. The van der Waals surface area contributed by atoms with Gasteiger partial charge in [0.05, 0.1) is 12.7 Å². The minimum atomic E-state index is -0.378. The van der Waals surface area contributed by atoms with Crippen LogP contribution >= 0.6 is 0 Å². The summed E-state index contributed by atoms with van der Waals surface area (Å²) in [4.78, 5) is 9.63. The third-order valence-electron chi connectivity index (χ3n) is 1.55. The molecule has 0 aliphatic rings. The van der Waals surface area contributed by atoms with E-state index in [0.717, 1.165) is 25.7 Å². The van der Waals surface area contributed by atoms with Gasteiger partial charge in [0.2, 0.25) is 0 Å². The van der Waals surface area contributed by atoms with Crippen molar-refractivity contribution in [1.82, 2.24) is 0 Å². The minimum absolute atomic E-state index is 0.289. The standard InChI is InChI=1S/C9H20O3/c1-3-5-7-11-12-8-9(10)6-4-2/h9-10H,3-8H2,1-2H3. The summed E-state index contributed by atoms with van der Waals surface area (Å²) in [7, 11) is 0. The van der Waals surface area contributed by atoms with Crippen molar-refractivity contribution in [2.45, 2.75) is 45.6 Å². The lowest BCUT2D eigenvalue weighted by molar-refractivity contribution is -0.305. The second kappa shape index (κ2) is 8.97. The lowest BCUT2D eigenvalue weighted by atomic mass is 10.2. The first-order valence-electron chi connectivity index (χ1n) is 4.73. The van der Waals surface area contributed by atoms with Crippen LogP contribution in [0.5, 0.6) is 0 Å². The Balaban J connectivity index is 2.97. The molecule has 3 heteroatoms. The predicted molar refractivity (Wildman–Crippen MR) is 47.7 cm³/mol. The molecule has 0 aromatic rings. The smallest absolute Gasteiger partial charge is 0.108 e. The van der Waals surface area contributed by atoms with Crippen LogP contribution in [0.1, 0.15) is 39.5 Å². The Kier molecular flexibility index (Phi) is 8.88. The van der Waals surface area contributed by atoms with Gasteiger partial charge in [0.1, 0.15) is 6.61 Å². The first-order chi connectivity index (χ1) is 5.81. The van der Waals surface area contributed by atoms with E-state index in [2.05, 4.69) is 6.92 Å². The summed E-state index contributed by atoms with van der Waals surface area (Å²) < 4.78 is 0. The van der Waals surface area contributed by atoms with E-state index >= 15 is 0 Å². The van der Waals surface area contributed by atoms with Gasteiger partial charge >= 0.3 is 0 Å². The molecule has 0 saturated carbocycles. The average molecular weight is 176 g/mol. The van der Waals surface area contributed by atoms with Crippen LogP contribution < -0.4 is 0 Å². The van der Waals surface area contributed by atoms with Gasteiger partial charge in [0.15, 0.2) is 0 Å². The molecule has 0 fully saturated rings. The Morgan fingerprint density at radius 1 is 1.17 bits per heavy atom. The molecular weight excluding hydrogens is 156 g/mol. The zero-order chi connectivity index (χ0) is 9.23. The Hall–Kier alpha value is -0.120. The molecule has 1 atom stereocenters. The van der Waals surface area contributed by atoms with E-state index in [9.17, 15) is 5.11 Å². The van der Waals surface area contributed by atoms with Gasteiger partial charge in [0, 0.05) is 0 Å². The maximum atomic E-state index is 9.20. The summed E-state index contributed by atoms with van der Waals surface area (Å²) in [5, 5.41) is 9.20. The quantitative estimate of drug-likeness (QED) is 0.349. The molecule has 0 saturated heterocycles. The first kappa shape index (κ1) is 11.9. The van der Waals surface area contributed by atoms with Gasteiger partial charge in [-0.1, -0.05) is 26.7 Å². The molecule has 0 amide bonds. The number of hydrogen-bond acceptors (Lipinski definition) is 3. The molecule has 0 aliphatic heterocycles. The van der Waals surface area contributed by atoms with Crippen LogP contribution in [0.25, 0.3) is 0 Å². The second-order valence-electron chi connectivity index (χ2n) is 2.90. The van der Waals surface area contributed by atoms with E-state index in [-0.39, 0.29) is 12.7 Å². The molecule has 1 unspecified atom stereocenters. The van der Waals surface area contributed by atoms with Crippen molar-refractivity contribution >= 4 is 0 Å². The van der Waals surface area contributed by atoms with Crippen molar-refractivity contribution in [3.05, 3.63) is 0 Å². The second-order valence-corrected chi connectivity index (χ2v) is 2.90. The highest BCUT2D eigenvalue weighted by atomic mass is 17.2. The highest BCUT2D eigenvalue weighted by molar-refractivity contribution is 4.49. The molecule has 74 valence electrons. The molecule has 0 spiro atoms. The van der Waals surface area contributed by atoms with Crippen LogP contribution in [0, 0.1) is 0 Å². The van der Waals surface area contributed by atoms with Gasteiger partial charge in [-0.15, -0.1) is 0 Å². The Morgan fingerprint density at radius 3 is 2.50 bits per heavy atom. The summed E-state index contributed by atoms with van der Waals surface area (Å²) in [5.41, 5.74) is 0. The van der Waals surface area contributed by atoms with E-state index in [1.165, 1.54) is 0 Å². The maximum absolute atomic E-state index is 9.20. The zero-order valence-electron chi connectivity index (χ0n) is 8.08. The molecule has 0 radical (unpaired) electrons.